The van der Waals surface area contributed by atoms with Gasteiger partial charge >= 0.3 is 0 Å². The summed E-state index contributed by atoms with van der Waals surface area (Å²) in [6.45, 7) is 8.44. The highest BCUT2D eigenvalue weighted by Gasteiger charge is 2.13. The highest BCUT2D eigenvalue weighted by Crippen LogP contribution is 2.26. The number of aryl methyl sites for hydroxylation is 3. The van der Waals surface area contributed by atoms with Gasteiger partial charge in [0.1, 0.15) is 0 Å². The number of hydrogen-bond donors (Lipinski definition) is 1. The Morgan fingerprint density at radius 1 is 1.16 bits per heavy atom. The van der Waals surface area contributed by atoms with Crippen molar-refractivity contribution < 1.29 is 0 Å². The van der Waals surface area contributed by atoms with Gasteiger partial charge in [-0.25, -0.2) is 0 Å². The summed E-state index contributed by atoms with van der Waals surface area (Å²) in [5.41, 5.74) is 5.82. The van der Waals surface area contributed by atoms with Crippen molar-refractivity contribution in [3.8, 4) is 0 Å². The summed E-state index contributed by atoms with van der Waals surface area (Å²) < 4.78 is 0. The maximum atomic E-state index is 4.43. The van der Waals surface area contributed by atoms with Crippen LogP contribution in [-0.2, 0) is 6.42 Å². The van der Waals surface area contributed by atoms with Gasteiger partial charge in [0.2, 0.25) is 0 Å². The van der Waals surface area contributed by atoms with Gasteiger partial charge < -0.3 is 5.32 Å². The van der Waals surface area contributed by atoms with Gasteiger partial charge in [-0.3, -0.25) is 9.97 Å². The standard InChI is InChI=1S/C16H21N3/c1-5-14-8-6-7-11(2)15(14)19-13(4)16-12(3)17-9-10-18-16/h6-10,13,19H,5H2,1-4H3. The number of rotatable bonds is 4. The molecular formula is C16H21N3. The first kappa shape index (κ1) is 13.5. The van der Waals surface area contributed by atoms with E-state index >= 15 is 0 Å². The number of para-hydroxylation sites is 1. The Hall–Kier alpha value is -1.90. The Balaban J connectivity index is 2.29. The summed E-state index contributed by atoms with van der Waals surface area (Å²) in [5.74, 6) is 0. The number of aromatic nitrogens is 2. The third-order valence-electron chi connectivity index (χ3n) is 3.43. The molecule has 0 aliphatic heterocycles. The van der Waals surface area contributed by atoms with Crippen LogP contribution in [0, 0.1) is 13.8 Å². The Morgan fingerprint density at radius 2 is 1.89 bits per heavy atom. The normalized spacial score (nSPS) is 12.2. The zero-order valence-corrected chi connectivity index (χ0v) is 12.1. The fraction of sp³-hybridized carbons (Fsp3) is 0.375. The fourth-order valence-corrected chi connectivity index (χ4v) is 2.36. The monoisotopic (exact) mass is 255 g/mol. The Labute approximate surface area is 115 Å². The molecule has 1 N–H and O–H groups in total. The van der Waals surface area contributed by atoms with Crippen molar-refractivity contribution in [2.45, 2.75) is 40.2 Å². The number of nitrogens with zero attached hydrogens (tertiary/aromatic N) is 2. The van der Waals surface area contributed by atoms with Crippen LogP contribution in [0.15, 0.2) is 30.6 Å². The second-order valence-corrected chi connectivity index (χ2v) is 4.86. The molecular weight excluding hydrogens is 234 g/mol. The highest BCUT2D eigenvalue weighted by molar-refractivity contribution is 5.58. The zero-order chi connectivity index (χ0) is 13.8. The van der Waals surface area contributed by atoms with Gasteiger partial charge in [0.15, 0.2) is 0 Å². The van der Waals surface area contributed by atoms with Gasteiger partial charge in [-0.05, 0) is 38.3 Å². The first-order chi connectivity index (χ1) is 9.13. The quantitative estimate of drug-likeness (QED) is 0.902. The maximum Gasteiger partial charge on any atom is 0.0835 e. The minimum Gasteiger partial charge on any atom is -0.376 e. The second kappa shape index (κ2) is 5.83. The van der Waals surface area contributed by atoms with Gasteiger partial charge in [0.05, 0.1) is 17.4 Å². The van der Waals surface area contributed by atoms with E-state index in [0.717, 1.165) is 17.8 Å². The van der Waals surface area contributed by atoms with Gasteiger partial charge in [0.25, 0.3) is 0 Å². The number of benzene rings is 1. The zero-order valence-electron chi connectivity index (χ0n) is 12.1. The number of nitrogens with one attached hydrogen (secondary N) is 1. The van der Waals surface area contributed by atoms with E-state index in [1.165, 1.54) is 16.8 Å². The maximum absolute atomic E-state index is 4.43. The van der Waals surface area contributed by atoms with E-state index in [2.05, 4.69) is 54.3 Å². The molecule has 100 valence electrons. The first-order valence-electron chi connectivity index (χ1n) is 6.76. The summed E-state index contributed by atoms with van der Waals surface area (Å²) in [6.07, 6.45) is 4.51. The smallest absolute Gasteiger partial charge is 0.0835 e. The van der Waals surface area contributed by atoms with Crippen LogP contribution in [0.1, 0.15) is 42.4 Å². The summed E-state index contributed by atoms with van der Waals surface area (Å²) >= 11 is 0. The Bertz CT molecular complexity index is 564. The molecule has 3 heteroatoms. The second-order valence-electron chi connectivity index (χ2n) is 4.86. The molecule has 3 nitrogen and oxygen atoms in total. The van der Waals surface area contributed by atoms with E-state index < -0.39 is 0 Å². The fourth-order valence-electron chi connectivity index (χ4n) is 2.36. The van der Waals surface area contributed by atoms with E-state index in [4.69, 9.17) is 0 Å². The lowest BCUT2D eigenvalue weighted by Gasteiger charge is -2.20. The van der Waals surface area contributed by atoms with Crippen molar-refractivity contribution in [1.29, 1.82) is 0 Å². The third-order valence-corrected chi connectivity index (χ3v) is 3.43. The SMILES string of the molecule is CCc1cccc(C)c1NC(C)c1nccnc1C. The molecule has 1 aromatic carbocycles. The molecule has 1 heterocycles. The Morgan fingerprint density at radius 3 is 2.58 bits per heavy atom. The molecule has 2 aromatic rings. The lowest BCUT2D eigenvalue weighted by atomic mass is 10.0. The predicted molar refractivity (Wildman–Crippen MR) is 79.4 cm³/mol. The molecule has 2 rings (SSSR count). The summed E-state index contributed by atoms with van der Waals surface area (Å²) in [5, 5.41) is 3.58. The lowest BCUT2D eigenvalue weighted by molar-refractivity contribution is 0.806. The Kier molecular flexibility index (Phi) is 4.15. The molecule has 0 aliphatic carbocycles. The molecule has 1 unspecified atom stereocenters. The molecule has 0 amide bonds. The average molecular weight is 255 g/mol. The van der Waals surface area contributed by atoms with Crippen LogP contribution in [0.3, 0.4) is 0 Å². The van der Waals surface area contributed by atoms with Crippen LogP contribution < -0.4 is 5.32 Å². The van der Waals surface area contributed by atoms with Crippen molar-refractivity contribution in [2.24, 2.45) is 0 Å². The topological polar surface area (TPSA) is 37.8 Å². The van der Waals surface area contributed by atoms with Crippen LogP contribution >= 0.6 is 0 Å². The first-order valence-corrected chi connectivity index (χ1v) is 6.76. The van der Waals surface area contributed by atoms with E-state index in [-0.39, 0.29) is 6.04 Å². The lowest BCUT2D eigenvalue weighted by Crippen LogP contribution is -2.13. The molecule has 0 spiro atoms. The van der Waals surface area contributed by atoms with Crippen LogP contribution in [0.5, 0.6) is 0 Å². The highest BCUT2D eigenvalue weighted by atomic mass is 15.0. The number of hydrogen-bond acceptors (Lipinski definition) is 3. The molecule has 1 aromatic heterocycles. The molecule has 0 fully saturated rings. The minimum absolute atomic E-state index is 0.153. The third kappa shape index (κ3) is 2.92. The van der Waals surface area contributed by atoms with Crippen LogP contribution in [-0.4, -0.2) is 9.97 Å². The molecule has 0 saturated heterocycles. The van der Waals surface area contributed by atoms with Crippen molar-refractivity contribution in [2.75, 3.05) is 5.32 Å². The van der Waals surface area contributed by atoms with Gasteiger partial charge in [0, 0.05) is 18.1 Å². The van der Waals surface area contributed by atoms with Crippen molar-refractivity contribution in [3.05, 3.63) is 53.1 Å². The van der Waals surface area contributed by atoms with Gasteiger partial charge in [-0.15, -0.1) is 0 Å². The largest absolute Gasteiger partial charge is 0.376 e. The van der Waals surface area contributed by atoms with E-state index in [9.17, 15) is 0 Å². The van der Waals surface area contributed by atoms with Crippen molar-refractivity contribution in [3.63, 3.8) is 0 Å². The summed E-state index contributed by atoms with van der Waals surface area (Å²) in [7, 11) is 0. The average Bonchev–Trinajstić information content (AvgIpc) is 2.41. The van der Waals surface area contributed by atoms with Crippen molar-refractivity contribution >= 4 is 5.69 Å². The van der Waals surface area contributed by atoms with Crippen LogP contribution in [0.25, 0.3) is 0 Å². The van der Waals surface area contributed by atoms with E-state index in [1.54, 1.807) is 12.4 Å². The summed E-state index contributed by atoms with van der Waals surface area (Å²) in [6, 6.07) is 6.57. The van der Waals surface area contributed by atoms with Gasteiger partial charge in [-0.2, -0.15) is 0 Å². The molecule has 19 heavy (non-hydrogen) atoms. The summed E-state index contributed by atoms with van der Waals surface area (Å²) in [4.78, 5) is 8.74. The van der Waals surface area contributed by atoms with E-state index in [1.807, 2.05) is 6.92 Å². The molecule has 0 radical (unpaired) electrons. The molecule has 0 saturated carbocycles. The van der Waals surface area contributed by atoms with Crippen LogP contribution in [0.4, 0.5) is 5.69 Å². The number of anilines is 1. The predicted octanol–water partition coefficient (Wildman–Crippen LogP) is 3.83. The van der Waals surface area contributed by atoms with Crippen molar-refractivity contribution in [1.82, 2.24) is 9.97 Å². The van der Waals surface area contributed by atoms with Crippen LogP contribution in [0.2, 0.25) is 0 Å². The molecule has 1 atom stereocenters. The minimum atomic E-state index is 0.153. The molecule has 0 aliphatic rings. The van der Waals surface area contributed by atoms with Gasteiger partial charge in [-0.1, -0.05) is 25.1 Å². The molecule has 0 bridgehead atoms. The van der Waals surface area contributed by atoms with E-state index in [0.29, 0.717) is 0 Å².